The molecule has 35 heavy (non-hydrogen) atoms. The van der Waals surface area contributed by atoms with Crippen molar-refractivity contribution in [2.24, 2.45) is 5.92 Å². The zero-order valence-corrected chi connectivity index (χ0v) is 20.5. The van der Waals surface area contributed by atoms with Crippen LogP contribution in [-0.4, -0.2) is 43.9 Å². The largest absolute Gasteiger partial charge is 0.493 e. The van der Waals surface area contributed by atoms with Gasteiger partial charge in [0.2, 0.25) is 0 Å². The summed E-state index contributed by atoms with van der Waals surface area (Å²) in [5.41, 5.74) is 1.24. The summed E-state index contributed by atoms with van der Waals surface area (Å²) in [6, 6.07) is 20.1. The lowest BCUT2D eigenvalue weighted by molar-refractivity contribution is -0.937. The van der Waals surface area contributed by atoms with Crippen molar-refractivity contribution in [3.63, 3.8) is 0 Å². The van der Waals surface area contributed by atoms with Crippen molar-refractivity contribution < 1.29 is 24.3 Å². The van der Waals surface area contributed by atoms with E-state index < -0.39 is 5.60 Å². The summed E-state index contributed by atoms with van der Waals surface area (Å²) in [5.74, 6) is 1.45. The summed E-state index contributed by atoms with van der Waals surface area (Å²) in [7, 11) is 3.27. The van der Waals surface area contributed by atoms with Gasteiger partial charge in [0.25, 0.3) is 5.91 Å². The van der Waals surface area contributed by atoms with Gasteiger partial charge in [-0.05, 0) is 42.5 Å². The summed E-state index contributed by atoms with van der Waals surface area (Å²) >= 11 is 0. The molecule has 1 saturated carbocycles. The Hall–Kier alpha value is -3.09. The van der Waals surface area contributed by atoms with Crippen LogP contribution >= 0.6 is 0 Å². The molecule has 184 valence electrons. The van der Waals surface area contributed by atoms with Crippen molar-refractivity contribution in [2.75, 3.05) is 32.6 Å². The lowest BCUT2D eigenvalue weighted by atomic mass is 9.66. The van der Waals surface area contributed by atoms with E-state index in [0.717, 1.165) is 60.7 Å². The third-order valence-corrected chi connectivity index (χ3v) is 8.00. The van der Waals surface area contributed by atoms with Gasteiger partial charge in [-0.2, -0.15) is 0 Å². The molecule has 6 nitrogen and oxygen atoms in total. The van der Waals surface area contributed by atoms with Crippen LogP contribution < -0.4 is 19.7 Å². The van der Waals surface area contributed by atoms with E-state index in [1.54, 1.807) is 14.2 Å². The van der Waals surface area contributed by atoms with E-state index in [1.165, 1.54) is 4.90 Å². The van der Waals surface area contributed by atoms with E-state index in [9.17, 15) is 9.90 Å². The molecule has 1 amide bonds. The predicted octanol–water partition coefficient (Wildman–Crippen LogP) is 3.75. The minimum atomic E-state index is -0.675. The van der Waals surface area contributed by atoms with Crippen molar-refractivity contribution in [1.82, 2.24) is 0 Å². The molecule has 1 heterocycles. The maximum Gasteiger partial charge on any atom is 0.279 e. The number of ether oxygens (including phenoxy) is 2. The first-order valence-corrected chi connectivity index (χ1v) is 12.6. The molecule has 0 spiro atoms. The Bertz CT molecular complexity index is 1210. The zero-order valence-electron chi connectivity index (χ0n) is 20.5. The third-order valence-electron chi connectivity index (χ3n) is 8.00. The molecular formula is C29H35N2O4+. The molecule has 1 aliphatic carbocycles. The van der Waals surface area contributed by atoms with E-state index in [4.69, 9.17) is 9.47 Å². The summed E-state index contributed by atoms with van der Waals surface area (Å²) in [5, 5.41) is 16.9. The lowest BCUT2D eigenvalue weighted by Gasteiger charge is -2.50. The van der Waals surface area contributed by atoms with E-state index in [1.807, 2.05) is 42.5 Å². The van der Waals surface area contributed by atoms with Gasteiger partial charge in [0.15, 0.2) is 18.0 Å². The molecule has 5 rings (SSSR count). The Balaban J connectivity index is 1.44. The van der Waals surface area contributed by atoms with Gasteiger partial charge in [-0.15, -0.1) is 0 Å². The van der Waals surface area contributed by atoms with Crippen molar-refractivity contribution in [3.8, 4) is 11.5 Å². The van der Waals surface area contributed by atoms with Gasteiger partial charge in [-0.3, -0.25) is 4.79 Å². The standard InChI is InChI=1S/C29H34N2O4/c1-34-25-14-13-21(18-26(25)35-2)28-23-11-5-6-15-29(23,33)16-17-31(28)19-27(32)30-24-12-7-9-20-8-3-4-10-22(20)24/h3-4,7-10,12-14,18,23,28,33H,5-6,11,15-17,19H2,1-2H3,(H,30,32)/p+1/t23-,28+,29-/m1/s1. The van der Waals surface area contributed by atoms with Gasteiger partial charge in [-0.25, -0.2) is 0 Å². The van der Waals surface area contributed by atoms with E-state index >= 15 is 0 Å². The number of hydrogen-bond donors (Lipinski definition) is 3. The molecule has 0 aromatic heterocycles. The summed E-state index contributed by atoms with van der Waals surface area (Å²) in [6.45, 7) is 1.09. The van der Waals surface area contributed by atoms with E-state index in [0.29, 0.717) is 18.0 Å². The number of amides is 1. The molecule has 3 N–H and O–H groups in total. The number of anilines is 1. The number of carbonyl (C=O) groups excluding carboxylic acids is 1. The van der Waals surface area contributed by atoms with Crippen LogP contribution in [0.25, 0.3) is 10.8 Å². The number of carbonyl (C=O) groups is 1. The molecule has 1 saturated heterocycles. The van der Waals surface area contributed by atoms with Gasteiger partial charge in [0, 0.05) is 29.0 Å². The molecule has 4 atom stereocenters. The average Bonchev–Trinajstić information content (AvgIpc) is 2.88. The molecule has 1 aliphatic heterocycles. The highest BCUT2D eigenvalue weighted by atomic mass is 16.5. The minimum Gasteiger partial charge on any atom is -0.493 e. The summed E-state index contributed by atoms with van der Waals surface area (Å²) in [4.78, 5) is 14.5. The second kappa shape index (κ2) is 9.88. The molecule has 6 heteroatoms. The number of piperidine rings is 1. The van der Waals surface area contributed by atoms with E-state index in [-0.39, 0.29) is 17.9 Å². The van der Waals surface area contributed by atoms with Gasteiger partial charge >= 0.3 is 0 Å². The molecule has 2 fully saturated rings. The van der Waals surface area contributed by atoms with Crippen LogP contribution in [-0.2, 0) is 4.79 Å². The Morgan fingerprint density at radius 3 is 2.66 bits per heavy atom. The molecule has 3 aromatic rings. The number of nitrogens with one attached hydrogen (secondary N) is 2. The third kappa shape index (κ3) is 4.60. The SMILES string of the molecule is COc1ccc([C@H]2[C@H]3CCCC[C@@]3(O)CC[NH+]2CC(=O)Nc2cccc3ccccc23)cc1OC. The van der Waals surface area contributed by atoms with Crippen LogP contribution in [0.15, 0.2) is 60.7 Å². The number of likely N-dealkylation sites (tertiary alicyclic amines) is 1. The Kier molecular flexibility index (Phi) is 6.67. The quantitative estimate of drug-likeness (QED) is 0.508. The Morgan fingerprint density at radius 2 is 1.83 bits per heavy atom. The van der Waals surface area contributed by atoms with Crippen LogP contribution in [0, 0.1) is 5.92 Å². The van der Waals surface area contributed by atoms with Crippen LogP contribution in [0.2, 0.25) is 0 Å². The number of hydrogen-bond acceptors (Lipinski definition) is 4. The van der Waals surface area contributed by atoms with Gasteiger partial charge in [-0.1, -0.05) is 49.2 Å². The van der Waals surface area contributed by atoms with Crippen LogP contribution in [0.5, 0.6) is 11.5 Å². The fourth-order valence-electron chi connectivity index (χ4n) is 6.30. The van der Waals surface area contributed by atoms with Crippen molar-refractivity contribution in [2.45, 2.75) is 43.7 Å². The summed E-state index contributed by atoms with van der Waals surface area (Å²) < 4.78 is 11.0. The topological polar surface area (TPSA) is 72.2 Å². The number of quaternary nitrogens is 1. The first-order valence-electron chi connectivity index (χ1n) is 12.6. The number of benzene rings is 3. The van der Waals surface area contributed by atoms with Crippen molar-refractivity contribution >= 4 is 22.4 Å². The maximum absolute atomic E-state index is 13.3. The Morgan fingerprint density at radius 1 is 1.03 bits per heavy atom. The number of aliphatic hydroxyl groups is 1. The molecule has 0 bridgehead atoms. The first-order chi connectivity index (χ1) is 17.0. The average molecular weight is 476 g/mol. The predicted molar refractivity (Wildman–Crippen MR) is 137 cm³/mol. The normalized spacial score (nSPS) is 26.1. The maximum atomic E-state index is 13.3. The van der Waals surface area contributed by atoms with Gasteiger partial charge in [0.05, 0.1) is 26.4 Å². The fraction of sp³-hybridized carbons (Fsp3) is 0.414. The second-order valence-corrected chi connectivity index (χ2v) is 9.96. The molecular weight excluding hydrogens is 440 g/mol. The smallest absolute Gasteiger partial charge is 0.279 e. The molecule has 2 aliphatic rings. The highest BCUT2D eigenvalue weighted by Gasteiger charge is 2.52. The fourth-order valence-corrected chi connectivity index (χ4v) is 6.30. The molecule has 3 aromatic carbocycles. The Labute approximate surface area is 206 Å². The van der Waals surface area contributed by atoms with Crippen molar-refractivity contribution in [1.29, 1.82) is 0 Å². The van der Waals surface area contributed by atoms with Gasteiger partial charge < -0.3 is 24.8 Å². The lowest BCUT2D eigenvalue weighted by Crippen LogP contribution is -3.16. The number of fused-ring (bicyclic) bond motifs is 2. The van der Waals surface area contributed by atoms with Crippen LogP contribution in [0.4, 0.5) is 5.69 Å². The minimum absolute atomic E-state index is 0.00660. The highest BCUT2D eigenvalue weighted by molar-refractivity contribution is 6.02. The van der Waals surface area contributed by atoms with Crippen LogP contribution in [0.1, 0.15) is 43.7 Å². The second-order valence-electron chi connectivity index (χ2n) is 9.96. The number of methoxy groups -OCH3 is 2. The van der Waals surface area contributed by atoms with E-state index in [2.05, 4.69) is 23.5 Å². The van der Waals surface area contributed by atoms with Crippen LogP contribution in [0.3, 0.4) is 0 Å². The van der Waals surface area contributed by atoms with Gasteiger partial charge in [0.1, 0.15) is 6.04 Å². The highest BCUT2D eigenvalue weighted by Crippen LogP contribution is 2.45. The summed E-state index contributed by atoms with van der Waals surface area (Å²) in [6.07, 6.45) is 4.67. The monoisotopic (exact) mass is 475 g/mol. The van der Waals surface area contributed by atoms with Crippen molar-refractivity contribution in [3.05, 3.63) is 66.2 Å². The molecule has 1 unspecified atom stereocenters. The molecule has 0 radical (unpaired) electrons. The number of rotatable bonds is 6. The zero-order chi connectivity index (χ0) is 24.4. The first kappa shape index (κ1) is 23.6.